The zero-order valence-electron chi connectivity index (χ0n) is 14.9. The third-order valence-electron chi connectivity index (χ3n) is 1.97. The van der Waals surface area contributed by atoms with Crippen LogP contribution >= 0.6 is 15.9 Å². The smallest absolute Gasteiger partial charge is 1.00 e. The number of hydrogen-bond acceptors (Lipinski definition) is 3. The van der Waals surface area contributed by atoms with Crippen molar-refractivity contribution < 1.29 is 38.7 Å². The van der Waals surface area contributed by atoms with Crippen molar-refractivity contribution in [3.63, 3.8) is 0 Å². The van der Waals surface area contributed by atoms with Gasteiger partial charge in [0.2, 0.25) is 0 Å². The van der Waals surface area contributed by atoms with Gasteiger partial charge >= 0.3 is 46.1 Å². The van der Waals surface area contributed by atoms with E-state index in [0.29, 0.717) is 0 Å². The molecule has 1 saturated heterocycles. The fourth-order valence-electron chi connectivity index (χ4n) is 1.13. The molecule has 0 atom stereocenters. The second kappa shape index (κ2) is 37.0. The Hall–Kier alpha value is 1.23. The summed E-state index contributed by atoms with van der Waals surface area (Å²) in [5, 5.41) is 0. The van der Waals surface area contributed by atoms with Crippen LogP contribution < -0.4 is 34.0 Å². The van der Waals surface area contributed by atoms with E-state index >= 15 is 0 Å². The van der Waals surface area contributed by atoms with Crippen LogP contribution in [-0.2, 0) is 4.74 Å². The number of hydrogen-bond donors (Lipinski definition) is 0. The summed E-state index contributed by atoms with van der Waals surface area (Å²) in [5.74, 6) is 0. The Kier molecular flexibility index (Phi) is 59.2. The minimum absolute atomic E-state index is 0. The molecule has 3 heterocycles. The molecule has 0 unspecified atom stereocenters. The number of aromatic nitrogens is 2. The summed E-state index contributed by atoms with van der Waals surface area (Å²) in [4.78, 5) is 7.56. The molecule has 8 heteroatoms. The molecule has 0 amide bonds. The molecule has 1 aliphatic rings. The van der Waals surface area contributed by atoms with Gasteiger partial charge in [0.25, 0.3) is 0 Å². The van der Waals surface area contributed by atoms with E-state index < -0.39 is 0 Å². The Morgan fingerprint density at radius 1 is 1.00 bits per heavy atom. The zero-order valence-corrected chi connectivity index (χ0v) is 22.5. The molecule has 1 fully saturated rings. The molecule has 0 aliphatic carbocycles. The van der Waals surface area contributed by atoms with Crippen LogP contribution in [0.15, 0.2) is 53.4 Å². The molecule has 0 saturated carbocycles. The molecular weight excluding hydrogens is 549 g/mol. The van der Waals surface area contributed by atoms with Crippen molar-refractivity contribution in [3.05, 3.63) is 66.0 Å². The third kappa shape index (κ3) is 36.2. The van der Waals surface area contributed by atoms with Gasteiger partial charge in [0.15, 0.2) is 0 Å². The predicted molar refractivity (Wildman–Crippen MR) is 109 cm³/mol. The van der Waals surface area contributed by atoms with Crippen molar-refractivity contribution in [1.29, 1.82) is 0 Å². The van der Waals surface area contributed by atoms with Gasteiger partial charge in [0, 0.05) is 19.4 Å². The van der Waals surface area contributed by atoms with E-state index in [-0.39, 0.29) is 87.5 Å². The molecule has 3 nitrogen and oxygen atoms in total. The van der Waals surface area contributed by atoms with E-state index in [9.17, 15) is 0 Å². The van der Waals surface area contributed by atoms with Crippen molar-refractivity contribution in [2.45, 2.75) is 34.1 Å². The second-order valence-electron chi connectivity index (χ2n) is 4.01. The van der Waals surface area contributed by atoms with Crippen LogP contribution in [0.4, 0.5) is 0 Å². The fourth-order valence-corrected chi connectivity index (χ4v) is 1.40. The van der Waals surface area contributed by atoms with E-state index in [2.05, 4.69) is 32.1 Å². The first-order valence-corrected chi connectivity index (χ1v) is 7.75. The van der Waals surface area contributed by atoms with Gasteiger partial charge in [0.05, 0.1) is 0 Å². The van der Waals surface area contributed by atoms with Crippen molar-refractivity contribution in [2.75, 3.05) is 13.2 Å². The van der Waals surface area contributed by atoms with E-state index in [0.717, 1.165) is 17.8 Å². The molecule has 0 N–H and O–H groups in total. The minimum Gasteiger partial charge on any atom is -1.00 e. The van der Waals surface area contributed by atoms with Gasteiger partial charge in [-0.15, -0.1) is 0 Å². The van der Waals surface area contributed by atoms with E-state index in [1.807, 2.05) is 50.6 Å². The summed E-state index contributed by atoms with van der Waals surface area (Å²) in [5.41, 5.74) is 0. The van der Waals surface area contributed by atoms with Crippen molar-refractivity contribution in [1.82, 2.24) is 9.97 Å². The Bertz CT molecular complexity index is 377. The van der Waals surface area contributed by atoms with Crippen LogP contribution in [0.5, 0.6) is 0 Å². The summed E-state index contributed by atoms with van der Waals surface area (Å²) < 4.78 is 5.83. The fraction of sp³-hybridized carbons (Fsp3) is 0.389. The largest absolute Gasteiger partial charge is 2.00 e. The Morgan fingerprint density at radius 2 is 1.54 bits per heavy atom. The molecule has 3 rings (SSSR count). The van der Waals surface area contributed by atoms with Crippen molar-refractivity contribution >= 4 is 62.0 Å². The Labute approximate surface area is 221 Å². The zero-order chi connectivity index (χ0) is 15.6. The standard InChI is InChI=1S/C5H4BrN.C5H4N.C4H8O.C3H7.CH4.2BrH.2Mg/c6-5-3-1-2-4-7-5;1-2-4-6-5-3-1;1-2-4-5-3-1;1-3-2;;;;;/h1-4H;1-4H;1-4H2;3H,1-2H3;1H4;2*1H;;/q;-1;;-1;;;;2*+2/p-2. The van der Waals surface area contributed by atoms with Crippen LogP contribution in [0.1, 0.15) is 34.1 Å². The summed E-state index contributed by atoms with van der Waals surface area (Å²) in [7, 11) is 0. The normalized spacial score (nSPS) is 9.50. The molecule has 0 bridgehead atoms. The van der Waals surface area contributed by atoms with Crippen LogP contribution in [-0.4, -0.2) is 69.3 Å². The Balaban J connectivity index is -0.0000000497. The number of nitrogens with zero attached hydrogens (tertiary/aromatic N) is 2. The topological polar surface area (TPSA) is 35.0 Å². The maximum atomic E-state index is 4.94. The van der Waals surface area contributed by atoms with Crippen LogP contribution in [0.25, 0.3) is 0 Å². The van der Waals surface area contributed by atoms with Crippen molar-refractivity contribution in [3.8, 4) is 0 Å². The summed E-state index contributed by atoms with van der Waals surface area (Å²) in [6.07, 6.45) is 10.6. The van der Waals surface area contributed by atoms with E-state index in [4.69, 9.17) is 4.74 Å². The second-order valence-corrected chi connectivity index (χ2v) is 4.82. The third-order valence-corrected chi connectivity index (χ3v) is 2.44. The number of pyridine rings is 2. The van der Waals surface area contributed by atoms with Gasteiger partial charge < -0.3 is 50.1 Å². The van der Waals surface area contributed by atoms with Crippen LogP contribution in [0.2, 0.25) is 0 Å². The van der Waals surface area contributed by atoms with E-state index in [1.54, 1.807) is 18.5 Å². The molecule has 26 heavy (non-hydrogen) atoms. The van der Waals surface area contributed by atoms with Gasteiger partial charge in [-0.3, -0.25) is 0 Å². The monoisotopic (exact) mass is 572 g/mol. The SMILES string of the molecule is Brc1ccccn1.C.C1CCOC1.C[CH-]C.[Br-].[Br-].[Mg+2].[Mg+2].[c-]1ccccn1. The predicted octanol–water partition coefficient (Wildman–Crippen LogP) is -1.36. The first kappa shape index (κ1) is 41.6. The maximum absolute atomic E-state index is 4.94. The number of ether oxygens (including phenoxy) is 1. The van der Waals surface area contributed by atoms with Crippen LogP contribution in [0.3, 0.4) is 0 Å². The van der Waals surface area contributed by atoms with Gasteiger partial charge in [-0.25, -0.2) is 4.98 Å². The molecule has 0 spiro atoms. The number of rotatable bonds is 0. The first-order chi connectivity index (χ1) is 10.3. The number of halogens is 3. The molecule has 2 aromatic heterocycles. The molecule has 140 valence electrons. The quantitative estimate of drug-likeness (QED) is 0.221. The first-order valence-electron chi connectivity index (χ1n) is 6.96. The van der Waals surface area contributed by atoms with Gasteiger partial charge in [0.1, 0.15) is 4.60 Å². The van der Waals surface area contributed by atoms with Gasteiger partial charge in [-0.05, 0) is 40.9 Å². The van der Waals surface area contributed by atoms with Crippen molar-refractivity contribution in [2.24, 2.45) is 0 Å². The van der Waals surface area contributed by atoms with Crippen LogP contribution in [0, 0.1) is 12.6 Å². The average Bonchev–Trinajstić information content (AvgIpc) is 3.11. The Morgan fingerprint density at radius 3 is 1.69 bits per heavy atom. The maximum Gasteiger partial charge on any atom is 2.00 e. The molecule has 1 aliphatic heterocycles. The summed E-state index contributed by atoms with van der Waals surface area (Å²) in [6.45, 7) is 6.00. The van der Waals surface area contributed by atoms with Gasteiger partial charge in [-0.1, -0.05) is 25.9 Å². The molecule has 0 aromatic carbocycles. The van der Waals surface area contributed by atoms with E-state index in [1.165, 1.54) is 12.8 Å². The minimum atomic E-state index is 0. The average molecular weight is 576 g/mol. The molecule has 2 aromatic rings. The molecular formula is C18H27Br3Mg2N2O. The molecule has 0 radical (unpaired) electrons. The summed E-state index contributed by atoms with van der Waals surface area (Å²) >= 11 is 3.20. The summed E-state index contributed by atoms with van der Waals surface area (Å²) in [6, 6.07) is 11.2. The van der Waals surface area contributed by atoms with Gasteiger partial charge in [-0.2, -0.15) is 32.0 Å².